The molecule has 0 fully saturated rings. The molecule has 0 heterocycles. The van der Waals surface area contributed by atoms with Crippen molar-refractivity contribution in [2.45, 2.75) is 32.4 Å². The first kappa shape index (κ1) is 19.2. The van der Waals surface area contributed by atoms with E-state index in [1.807, 2.05) is 0 Å². The lowest BCUT2D eigenvalue weighted by Crippen LogP contribution is -2.36. The van der Waals surface area contributed by atoms with Gasteiger partial charge in [0.2, 0.25) is 0 Å². The smallest absolute Gasteiger partial charge is 0.408 e. The Morgan fingerprint density at radius 3 is 2.41 bits per heavy atom. The fraction of sp³-hybridized carbons (Fsp3) is 0.533. The van der Waals surface area contributed by atoms with E-state index in [1.54, 1.807) is 52.3 Å². The van der Waals surface area contributed by atoms with Gasteiger partial charge in [0.25, 0.3) is 0 Å². The van der Waals surface area contributed by atoms with E-state index in [0.717, 1.165) is 5.30 Å². The monoisotopic (exact) mass is 391 g/mol. The predicted molar refractivity (Wildman–Crippen MR) is 92.4 cm³/mol. The van der Waals surface area contributed by atoms with Crippen LogP contribution in [0.15, 0.2) is 22.7 Å². The minimum Gasteiger partial charge on any atom is -0.444 e. The van der Waals surface area contributed by atoms with Crippen LogP contribution in [0.1, 0.15) is 32.4 Å². The van der Waals surface area contributed by atoms with Crippen molar-refractivity contribution in [2.75, 3.05) is 19.9 Å². The lowest BCUT2D eigenvalue weighted by atomic mass is 10.1. The molecule has 1 aromatic rings. The second-order valence-electron chi connectivity index (χ2n) is 6.44. The molecule has 0 spiro atoms. The van der Waals surface area contributed by atoms with Crippen molar-refractivity contribution in [3.63, 3.8) is 0 Å². The van der Waals surface area contributed by atoms with E-state index in [4.69, 9.17) is 4.74 Å². The minimum atomic E-state index is -2.36. The molecule has 22 heavy (non-hydrogen) atoms. The summed E-state index contributed by atoms with van der Waals surface area (Å²) >= 11 is 3.41. The molecule has 1 unspecified atom stereocenters. The summed E-state index contributed by atoms with van der Waals surface area (Å²) in [4.78, 5) is 11.8. The van der Waals surface area contributed by atoms with Gasteiger partial charge in [-0.3, -0.25) is 0 Å². The number of halogens is 1. The van der Waals surface area contributed by atoms with Crippen molar-refractivity contribution < 1.29 is 19.2 Å². The number of hydrogen-bond acceptors (Lipinski definition) is 4. The van der Waals surface area contributed by atoms with Gasteiger partial charge in [-0.1, -0.05) is 28.1 Å². The zero-order valence-electron chi connectivity index (χ0n) is 13.5. The number of alkyl carbamates (subject to hydrolysis) is 1. The molecule has 0 bridgehead atoms. The number of aliphatic hydroxyl groups is 1. The third-order valence-electron chi connectivity index (χ3n) is 2.85. The van der Waals surface area contributed by atoms with Crippen LogP contribution in [-0.2, 0) is 9.30 Å². The van der Waals surface area contributed by atoms with E-state index in [0.29, 0.717) is 10.0 Å². The Kier molecular flexibility index (Phi) is 6.25. The normalized spacial score (nSPS) is 13.6. The van der Waals surface area contributed by atoms with Crippen LogP contribution >= 0.6 is 23.1 Å². The maximum Gasteiger partial charge on any atom is 0.408 e. The van der Waals surface area contributed by atoms with Gasteiger partial charge in [0.15, 0.2) is 0 Å². The van der Waals surface area contributed by atoms with E-state index in [9.17, 15) is 14.5 Å². The van der Waals surface area contributed by atoms with Crippen LogP contribution in [-0.4, -0.2) is 36.7 Å². The van der Waals surface area contributed by atoms with Gasteiger partial charge in [0.1, 0.15) is 12.7 Å². The second-order valence-corrected chi connectivity index (χ2v) is 10.5. The highest BCUT2D eigenvalue weighted by molar-refractivity contribution is 9.10. The van der Waals surface area contributed by atoms with E-state index in [-0.39, 0.29) is 6.61 Å². The summed E-state index contributed by atoms with van der Waals surface area (Å²) in [5.41, 5.74) is 0.0907. The highest BCUT2D eigenvalue weighted by Crippen LogP contribution is 2.36. The predicted octanol–water partition coefficient (Wildman–Crippen LogP) is 3.26. The van der Waals surface area contributed by atoms with Crippen LogP contribution in [0.5, 0.6) is 0 Å². The molecule has 0 radical (unpaired) electrons. The van der Waals surface area contributed by atoms with Crippen molar-refractivity contribution in [1.82, 2.24) is 5.32 Å². The molecule has 1 aromatic carbocycles. The fourth-order valence-corrected chi connectivity index (χ4v) is 3.51. The van der Waals surface area contributed by atoms with Crippen molar-refractivity contribution >= 4 is 34.5 Å². The van der Waals surface area contributed by atoms with Crippen LogP contribution in [0.2, 0.25) is 0 Å². The SMILES string of the molecule is CC(C)(C)OC(=O)NC(CO)c1ccc(P(C)(C)=O)cc1Br. The summed E-state index contributed by atoms with van der Waals surface area (Å²) in [5.74, 6) is 0. The summed E-state index contributed by atoms with van der Waals surface area (Å²) in [6, 6.07) is 4.65. The first-order valence-electron chi connectivity index (χ1n) is 6.89. The van der Waals surface area contributed by atoms with Crippen molar-refractivity contribution in [3.8, 4) is 0 Å². The molecule has 2 N–H and O–H groups in total. The Labute approximate surface area is 139 Å². The van der Waals surface area contributed by atoms with E-state index in [1.165, 1.54) is 0 Å². The van der Waals surface area contributed by atoms with Crippen molar-refractivity contribution in [2.24, 2.45) is 0 Å². The van der Waals surface area contributed by atoms with Crippen LogP contribution in [0, 0.1) is 0 Å². The summed E-state index contributed by atoms with van der Waals surface area (Å²) in [6.45, 7) is 8.42. The van der Waals surface area contributed by atoms with Gasteiger partial charge in [0.05, 0.1) is 12.6 Å². The Balaban J connectivity index is 2.97. The molecule has 0 aliphatic heterocycles. The number of aliphatic hydroxyl groups excluding tert-OH is 1. The second kappa shape index (κ2) is 7.16. The number of carbonyl (C=O) groups is 1. The number of hydrogen-bond donors (Lipinski definition) is 2. The van der Waals surface area contributed by atoms with Crippen LogP contribution in [0.25, 0.3) is 0 Å². The Bertz CT molecular complexity index is 592. The third-order valence-corrected chi connectivity index (χ3v) is 5.06. The van der Waals surface area contributed by atoms with Gasteiger partial charge >= 0.3 is 6.09 Å². The summed E-state index contributed by atoms with van der Waals surface area (Å²) in [7, 11) is -2.36. The van der Waals surface area contributed by atoms with Crippen LogP contribution < -0.4 is 10.6 Å². The van der Waals surface area contributed by atoms with E-state index in [2.05, 4.69) is 21.2 Å². The van der Waals surface area contributed by atoms with Crippen LogP contribution in [0.4, 0.5) is 4.79 Å². The summed E-state index contributed by atoms with van der Waals surface area (Å²) < 4.78 is 18.0. The van der Waals surface area contributed by atoms with Crippen LogP contribution in [0.3, 0.4) is 0 Å². The van der Waals surface area contributed by atoms with E-state index < -0.39 is 24.9 Å². The third kappa shape index (κ3) is 5.75. The zero-order valence-corrected chi connectivity index (χ0v) is 16.0. The lowest BCUT2D eigenvalue weighted by Gasteiger charge is -2.23. The first-order valence-corrected chi connectivity index (χ1v) is 10.3. The quantitative estimate of drug-likeness (QED) is 0.772. The standard InChI is InChI=1S/C15H23BrNO4P/c1-15(2,3)21-14(19)17-13(9-18)11-7-6-10(8-12(11)16)22(4,5)20/h6-8,13,18H,9H2,1-5H3,(H,17,19). The largest absolute Gasteiger partial charge is 0.444 e. The highest BCUT2D eigenvalue weighted by atomic mass is 79.9. The Morgan fingerprint density at radius 2 is 2.00 bits per heavy atom. The zero-order chi connectivity index (χ0) is 17.1. The molecule has 1 amide bonds. The molecule has 124 valence electrons. The van der Waals surface area contributed by atoms with Crippen molar-refractivity contribution in [3.05, 3.63) is 28.2 Å². The topological polar surface area (TPSA) is 75.6 Å². The van der Waals surface area contributed by atoms with Gasteiger partial charge in [-0.25, -0.2) is 4.79 Å². The van der Waals surface area contributed by atoms with Gasteiger partial charge in [-0.15, -0.1) is 0 Å². The molecule has 1 rings (SSSR count). The molecule has 1 atom stereocenters. The average molecular weight is 392 g/mol. The molecule has 0 aromatic heterocycles. The molecule has 0 saturated heterocycles. The number of carbonyl (C=O) groups excluding carboxylic acids is 1. The molecule has 5 nitrogen and oxygen atoms in total. The van der Waals surface area contributed by atoms with E-state index >= 15 is 0 Å². The highest BCUT2D eigenvalue weighted by Gasteiger charge is 2.22. The number of rotatable bonds is 4. The number of ether oxygens (including phenoxy) is 1. The molecular formula is C15H23BrNO4P. The number of benzene rings is 1. The maximum absolute atomic E-state index is 12.1. The Hall–Kier alpha value is -0.840. The minimum absolute atomic E-state index is 0.271. The number of amides is 1. The van der Waals surface area contributed by atoms with Gasteiger partial charge in [0, 0.05) is 9.78 Å². The summed E-state index contributed by atoms with van der Waals surface area (Å²) in [5, 5.41) is 12.9. The van der Waals surface area contributed by atoms with Gasteiger partial charge < -0.3 is 19.7 Å². The molecule has 0 aliphatic carbocycles. The Morgan fingerprint density at radius 1 is 1.41 bits per heavy atom. The number of nitrogens with one attached hydrogen (secondary N) is 1. The van der Waals surface area contributed by atoms with Gasteiger partial charge in [-0.2, -0.15) is 0 Å². The maximum atomic E-state index is 12.1. The lowest BCUT2D eigenvalue weighted by molar-refractivity contribution is 0.0481. The molecule has 7 heteroatoms. The first-order chi connectivity index (χ1) is 9.94. The molecular weight excluding hydrogens is 369 g/mol. The molecule has 0 aliphatic rings. The van der Waals surface area contributed by atoms with Gasteiger partial charge in [-0.05, 0) is 45.7 Å². The fourth-order valence-electron chi connectivity index (χ4n) is 1.81. The molecule has 0 saturated carbocycles. The summed E-state index contributed by atoms with van der Waals surface area (Å²) in [6.07, 6.45) is -0.598. The average Bonchev–Trinajstić information content (AvgIpc) is 2.33. The van der Waals surface area contributed by atoms with Crippen molar-refractivity contribution in [1.29, 1.82) is 0 Å².